The van der Waals surface area contributed by atoms with Gasteiger partial charge in [-0.15, -0.1) is 11.3 Å². The Hall–Kier alpha value is -1.00. The molecule has 0 aromatic carbocycles. The van der Waals surface area contributed by atoms with Crippen LogP contribution in [0.1, 0.15) is 37.7 Å². The Morgan fingerprint density at radius 2 is 2.22 bits per heavy atom. The van der Waals surface area contributed by atoms with Crippen molar-refractivity contribution in [1.29, 1.82) is 0 Å². The molecule has 1 atom stereocenters. The highest BCUT2D eigenvalue weighted by molar-refractivity contribution is 7.22. The van der Waals surface area contributed by atoms with Crippen molar-refractivity contribution in [2.24, 2.45) is 0 Å². The first kappa shape index (κ1) is 13.4. The van der Waals surface area contributed by atoms with Crippen LogP contribution in [0, 0.1) is 0 Å². The maximum atomic E-state index is 12.2. The largest absolute Gasteiger partial charge is 0.348 e. The summed E-state index contributed by atoms with van der Waals surface area (Å²) in [5.74, 6) is -0.00859. The molecule has 0 bridgehead atoms. The summed E-state index contributed by atoms with van der Waals surface area (Å²) in [7, 11) is 0. The Kier molecular flexibility index (Phi) is 3.97. The molecule has 2 rings (SSSR count). The molecule has 0 spiro atoms. The number of nitrogens with zero attached hydrogens (tertiary/aromatic N) is 1. The molecular weight excluding hydrogens is 268 g/mol. The first-order chi connectivity index (χ1) is 8.56. The average Bonchev–Trinajstić information content (AvgIpc) is 2.84. The molecule has 2 aromatic rings. The quantitative estimate of drug-likeness (QED) is 0.908. The second-order valence-electron chi connectivity index (χ2n) is 4.36. The van der Waals surface area contributed by atoms with E-state index in [0.29, 0.717) is 0 Å². The van der Waals surface area contributed by atoms with E-state index in [1.54, 1.807) is 0 Å². The van der Waals surface area contributed by atoms with Crippen molar-refractivity contribution in [1.82, 2.24) is 9.88 Å². The summed E-state index contributed by atoms with van der Waals surface area (Å²) in [5, 5.41) is 3.00. The fourth-order valence-corrected chi connectivity index (χ4v) is 3.12. The van der Waals surface area contributed by atoms with Crippen LogP contribution in [0.3, 0.4) is 0 Å². The second-order valence-corrected chi connectivity index (χ2v) is 6.07. The number of rotatable bonds is 4. The number of thiophene rings is 1. The van der Waals surface area contributed by atoms with Gasteiger partial charge in [0.25, 0.3) is 5.91 Å². The van der Waals surface area contributed by atoms with Gasteiger partial charge in [-0.3, -0.25) is 4.79 Å². The van der Waals surface area contributed by atoms with Crippen LogP contribution in [-0.2, 0) is 6.54 Å². The normalized spacial score (nSPS) is 12.9. The summed E-state index contributed by atoms with van der Waals surface area (Å²) >= 11 is 7.51. The molecule has 0 saturated carbocycles. The molecule has 98 valence electrons. The molecule has 2 aromatic heterocycles. The number of nitrogens with one attached hydrogen (secondary N) is 1. The predicted octanol–water partition coefficient (Wildman–Crippen LogP) is 3.90. The molecule has 0 fully saturated rings. The Morgan fingerprint density at radius 3 is 2.83 bits per heavy atom. The summed E-state index contributed by atoms with van der Waals surface area (Å²) in [5.41, 5.74) is 1.76. The van der Waals surface area contributed by atoms with E-state index in [2.05, 4.69) is 12.2 Å². The number of hydrogen-bond donors (Lipinski definition) is 1. The maximum Gasteiger partial charge on any atom is 0.268 e. The molecule has 0 radical (unpaired) electrons. The Labute approximate surface area is 116 Å². The second kappa shape index (κ2) is 5.33. The number of carbonyl (C=O) groups excluding carboxylic acids is 1. The van der Waals surface area contributed by atoms with E-state index >= 15 is 0 Å². The van der Waals surface area contributed by atoms with Crippen molar-refractivity contribution >= 4 is 39.1 Å². The Balaban J connectivity index is 2.38. The molecule has 3 nitrogen and oxygen atoms in total. The zero-order chi connectivity index (χ0) is 13.3. The van der Waals surface area contributed by atoms with Gasteiger partial charge in [0, 0.05) is 12.6 Å². The van der Waals surface area contributed by atoms with Crippen molar-refractivity contribution in [3.8, 4) is 0 Å². The van der Waals surface area contributed by atoms with E-state index in [9.17, 15) is 4.79 Å². The average molecular weight is 285 g/mol. The van der Waals surface area contributed by atoms with Crippen LogP contribution in [-0.4, -0.2) is 16.5 Å². The van der Waals surface area contributed by atoms with E-state index in [1.165, 1.54) is 11.3 Å². The third-order valence-electron chi connectivity index (χ3n) is 3.10. The lowest BCUT2D eigenvalue weighted by Gasteiger charge is -2.12. The van der Waals surface area contributed by atoms with Gasteiger partial charge in [-0.25, -0.2) is 0 Å². The van der Waals surface area contributed by atoms with Gasteiger partial charge in [-0.1, -0.05) is 18.5 Å². The van der Waals surface area contributed by atoms with E-state index in [0.717, 1.165) is 33.2 Å². The van der Waals surface area contributed by atoms with E-state index < -0.39 is 0 Å². The van der Waals surface area contributed by atoms with Gasteiger partial charge in [-0.2, -0.15) is 0 Å². The Bertz CT molecular complexity index is 573. The highest BCUT2D eigenvalue weighted by atomic mass is 35.5. The molecule has 0 unspecified atom stereocenters. The molecule has 0 saturated heterocycles. The molecule has 1 N–H and O–H groups in total. The zero-order valence-electron chi connectivity index (χ0n) is 10.8. The molecule has 2 heterocycles. The topological polar surface area (TPSA) is 34.0 Å². The van der Waals surface area contributed by atoms with Gasteiger partial charge in [0.1, 0.15) is 5.69 Å². The van der Waals surface area contributed by atoms with Crippen LogP contribution in [0.15, 0.2) is 12.1 Å². The van der Waals surface area contributed by atoms with Gasteiger partial charge in [-0.05, 0) is 32.4 Å². The van der Waals surface area contributed by atoms with Crippen LogP contribution in [0.25, 0.3) is 10.2 Å². The lowest BCUT2D eigenvalue weighted by atomic mass is 10.2. The minimum Gasteiger partial charge on any atom is -0.348 e. The van der Waals surface area contributed by atoms with Gasteiger partial charge >= 0.3 is 0 Å². The highest BCUT2D eigenvalue weighted by Gasteiger charge is 2.17. The van der Waals surface area contributed by atoms with Gasteiger partial charge < -0.3 is 9.88 Å². The number of halogens is 1. The summed E-state index contributed by atoms with van der Waals surface area (Å²) in [6.07, 6.45) is 0.929. The first-order valence-electron chi connectivity index (χ1n) is 6.16. The summed E-state index contributed by atoms with van der Waals surface area (Å²) in [6, 6.07) is 4.04. The highest BCUT2D eigenvalue weighted by Crippen LogP contribution is 2.32. The van der Waals surface area contributed by atoms with Crippen LogP contribution in [0.5, 0.6) is 0 Å². The van der Waals surface area contributed by atoms with Crippen LogP contribution < -0.4 is 5.32 Å². The third kappa shape index (κ3) is 2.40. The number of fused-ring (bicyclic) bond motifs is 1. The van der Waals surface area contributed by atoms with Gasteiger partial charge in [0.2, 0.25) is 0 Å². The predicted molar refractivity (Wildman–Crippen MR) is 77.7 cm³/mol. The van der Waals surface area contributed by atoms with Crippen molar-refractivity contribution in [2.45, 2.75) is 39.8 Å². The lowest BCUT2D eigenvalue weighted by Crippen LogP contribution is -2.33. The first-order valence-corrected chi connectivity index (χ1v) is 7.35. The van der Waals surface area contributed by atoms with Crippen LogP contribution in [0.2, 0.25) is 4.34 Å². The lowest BCUT2D eigenvalue weighted by molar-refractivity contribution is 0.0930. The third-order valence-corrected chi connectivity index (χ3v) is 4.30. The number of carbonyl (C=O) groups is 1. The van der Waals surface area contributed by atoms with Crippen molar-refractivity contribution in [3.05, 3.63) is 22.2 Å². The molecule has 1 amide bonds. The molecule has 0 aliphatic rings. The fourth-order valence-electron chi connectivity index (χ4n) is 1.94. The summed E-state index contributed by atoms with van der Waals surface area (Å²) in [4.78, 5) is 12.2. The number of hydrogen-bond acceptors (Lipinski definition) is 2. The minimum absolute atomic E-state index is 0.00859. The molecule has 18 heavy (non-hydrogen) atoms. The molecule has 0 aliphatic carbocycles. The standard InChI is InChI=1S/C13H17ClN2OS/c1-4-8(3)15-13(17)10-6-11-9(16(10)5-2)7-12(14)18-11/h6-8H,4-5H2,1-3H3,(H,15,17)/t8-/m0/s1. The fraction of sp³-hybridized carbons (Fsp3) is 0.462. The van der Waals surface area contributed by atoms with E-state index in [1.807, 2.05) is 30.5 Å². The van der Waals surface area contributed by atoms with Crippen molar-refractivity contribution in [2.75, 3.05) is 0 Å². The van der Waals surface area contributed by atoms with E-state index in [4.69, 9.17) is 11.6 Å². The molecule has 0 aliphatic heterocycles. The summed E-state index contributed by atoms with van der Waals surface area (Å²) in [6.45, 7) is 6.86. The van der Waals surface area contributed by atoms with Crippen molar-refractivity contribution < 1.29 is 4.79 Å². The number of amides is 1. The van der Waals surface area contributed by atoms with E-state index in [-0.39, 0.29) is 11.9 Å². The van der Waals surface area contributed by atoms with Gasteiger partial charge in [0.05, 0.1) is 14.6 Å². The number of aryl methyl sites for hydroxylation is 1. The SMILES string of the molecule is CC[C@H](C)NC(=O)c1cc2sc(Cl)cc2n1CC. The Morgan fingerprint density at radius 1 is 1.50 bits per heavy atom. The zero-order valence-corrected chi connectivity index (χ0v) is 12.4. The maximum absolute atomic E-state index is 12.2. The van der Waals surface area contributed by atoms with Crippen molar-refractivity contribution in [3.63, 3.8) is 0 Å². The number of aromatic nitrogens is 1. The molecular formula is C13H17ClN2OS. The van der Waals surface area contributed by atoms with Crippen LogP contribution >= 0.6 is 22.9 Å². The molecule has 5 heteroatoms. The smallest absolute Gasteiger partial charge is 0.268 e. The van der Waals surface area contributed by atoms with Gasteiger partial charge in [0.15, 0.2) is 0 Å². The van der Waals surface area contributed by atoms with Crippen LogP contribution in [0.4, 0.5) is 0 Å². The monoisotopic (exact) mass is 284 g/mol. The minimum atomic E-state index is -0.00859. The summed E-state index contributed by atoms with van der Waals surface area (Å²) < 4.78 is 3.84.